The molecule has 0 saturated heterocycles. The topological polar surface area (TPSA) is 12.0 Å². The molecule has 3 heteroatoms. The van der Waals surface area contributed by atoms with Crippen molar-refractivity contribution in [3.8, 4) is 0 Å². The molecule has 1 N–H and O–H groups in total. The summed E-state index contributed by atoms with van der Waals surface area (Å²) in [6.07, 6.45) is 3.55. The molecule has 1 rings (SSSR count). The van der Waals surface area contributed by atoms with Crippen molar-refractivity contribution in [1.82, 2.24) is 4.72 Å². The Balaban J connectivity index is 2.74. The minimum absolute atomic E-state index is 0.208. The summed E-state index contributed by atoms with van der Waals surface area (Å²) in [5.74, 6) is 0.291. The molecule has 0 aliphatic rings. The maximum Gasteiger partial charge on any atom is 0.121 e. The molecular formula is C15H20FNS. The number of allylic oxidation sites excluding steroid dienone is 3. The lowest BCUT2D eigenvalue weighted by Crippen LogP contribution is -2.02. The van der Waals surface area contributed by atoms with Crippen molar-refractivity contribution in [2.24, 2.45) is 0 Å². The molecule has 1 aromatic rings. The molecule has 0 atom stereocenters. The fourth-order valence-corrected chi connectivity index (χ4v) is 2.21. The van der Waals surface area contributed by atoms with Crippen molar-refractivity contribution in [1.29, 1.82) is 0 Å². The van der Waals surface area contributed by atoms with E-state index in [1.807, 2.05) is 25.1 Å². The Morgan fingerprint density at radius 1 is 1.39 bits per heavy atom. The van der Waals surface area contributed by atoms with Crippen molar-refractivity contribution in [3.63, 3.8) is 0 Å². The van der Waals surface area contributed by atoms with E-state index in [1.165, 1.54) is 24.4 Å². The van der Waals surface area contributed by atoms with Gasteiger partial charge in [-0.05, 0) is 55.5 Å². The van der Waals surface area contributed by atoms with E-state index >= 15 is 0 Å². The average molecular weight is 265 g/mol. The van der Waals surface area contributed by atoms with E-state index in [1.54, 1.807) is 6.08 Å². The molecule has 0 saturated carbocycles. The highest BCUT2D eigenvalue weighted by Crippen LogP contribution is 2.22. The molecule has 0 amide bonds. The van der Waals surface area contributed by atoms with E-state index < -0.39 is 0 Å². The SMILES string of the molecule is C/C=C\C(NSc1cccc(C(C)C)c1)=C(/C)F. The second-order valence-electron chi connectivity index (χ2n) is 4.38. The van der Waals surface area contributed by atoms with E-state index in [4.69, 9.17) is 0 Å². The summed E-state index contributed by atoms with van der Waals surface area (Å²) in [5, 5.41) is 0. The Bertz CT molecular complexity index is 446. The zero-order valence-corrected chi connectivity index (χ0v) is 12.1. The average Bonchev–Trinajstić information content (AvgIpc) is 2.34. The van der Waals surface area contributed by atoms with Crippen LogP contribution < -0.4 is 4.72 Å². The number of halogens is 1. The lowest BCUT2D eigenvalue weighted by molar-refractivity contribution is 0.627. The van der Waals surface area contributed by atoms with Crippen molar-refractivity contribution < 1.29 is 4.39 Å². The third-order valence-corrected chi connectivity index (χ3v) is 3.32. The number of benzene rings is 1. The molecule has 0 aliphatic carbocycles. The van der Waals surface area contributed by atoms with Gasteiger partial charge in [0.25, 0.3) is 0 Å². The van der Waals surface area contributed by atoms with Gasteiger partial charge in [-0.25, -0.2) is 4.39 Å². The number of rotatable bonds is 5. The predicted octanol–water partition coefficient (Wildman–Crippen LogP) is 5.18. The summed E-state index contributed by atoms with van der Waals surface area (Å²) < 4.78 is 16.3. The summed E-state index contributed by atoms with van der Waals surface area (Å²) in [7, 11) is 0. The van der Waals surface area contributed by atoms with Gasteiger partial charge in [-0.3, -0.25) is 0 Å². The molecule has 1 aromatic carbocycles. The Kier molecular flexibility index (Phi) is 5.99. The minimum Gasteiger partial charge on any atom is -0.323 e. The maximum absolute atomic E-state index is 13.2. The summed E-state index contributed by atoms with van der Waals surface area (Å²) in [4.78, 5) is 1.09. The zero-order chi connectivity index (χ0) is 13.5. The summed E-state index contributed by atoms with van der Waals surface area (Å²) in [6.45, 7) is 7.64. The molecule has 0 aromatic heterocycles. The van der Waals surface area contributed by atoms with Crippen LogP contribution in [0.5, 0.6) is 0 Å². The highest BCUT2D eigenvalue weighted by atomic mass is 32.2. The molecule has 0 fully saturated rings. The van der Waals surface area contributed by atoms with E-state index in [2.05, 4.69) is 30.7 Å². The molecule has 98 valence electrons. The van der Waals surface area contributed by atoms with Crippen LogP contribution in [0.1, 0.15) is 39.2 Å². The van der Waals surface area contributed by atoms with Gasteiger partial charge in [0, 0.05) is 4.90 Å². The summed E-state index contributed by atoms with van der Waals surface area (Å²) in [6, 6.07) is 8.28. The quantitative estimate of drug-likeness (QED) is 0.581. The predicted molar refractivity (Wildman–Crippen MR) is 78.1 cm³/mol. The molecule has 0 radical (unpaired) electrons. The van der Waals surface area contributed by atoms with Gasteiger partial charge in [0.05, 0.1) is 5.70 Å². The standard InChI is InChI=1S/C15H20FNS/c1-5-7-15(12(4)16)17-18-14-9-6-8-13(10-14)11(2)3/h5-11,17H,1-4H3/b7-5-,15-12-. The molecule has 1 nitrogen and oxygen atoms in total. The first-order valence-corrected chi connectivity index (χ1v) is 6.88. The first kappa shape index (κ1) is 14.8. The van der Waals surface area contributed by atoms with Crippen molar-refractivity contribution in [2.45, 2.75) is 38.5 Å². The minimum atomic E-state index is -0.208. The van der Waals surface area contributed by atoms with Gasteiger partial charge in [0.1, 0.15) is 5.83 Å². The fraction of sp³-hybridized carbons (Fsp3) is 0.333. The zero-order valence-electron chi connectivity index (χ0n) is 11.3. The van der Waals surface area contributed by atoms with E-state index in [9.17, 15) is 4.39 Å². The van der Waals surface area contributed by atoms with Gasteiger partial charge >= 0.3 is 0 Å². The van der Waals surface area contributed by atoms with Crippen LogP contribution in [0.4, 0.5) is 4.39 Å². The number of hydrogen-bond acceptors (Lipinski definition) is 2. The Morgan fingerprint density at radius 3 is 2.67 bits per heavy atom. The van der Waals surface area contributed by atoms with Crippen LogP contribution in [-0.2, 0) is 0 Å². The Hall–Kier alpha value is -1.22. The van der Waals surface area contributed by atoms with Crippen LogP contribution in [0.25, 0.3) is 0 Å². The van der Waals surface area contributed by atoms with E-state index in [0.717, 1.165) is 4.90 Å². The molecule has 0 unspecified atom stereocenters. The van der Waals surface area contributed by atoms with Gasteiger partial charge in [-0.2, -0.15) is 0 Å². The van der Waals surface area contributed by atoms with Crippen LogP contribution in [0.15, 0.2) is 52.8 Å². The van der Waals surface area contributed by atoms with E-state index in [0.29, 0.717) is 11.6 Å². The first-order valence-electron chi connectivity index (χ1n) is 6.06. The fourth-order valence-electron chi connectivity index (χ4n) is 1.44. The first-order chi connectivity index (χ1) is 8.54. The van der Waals surface area contributed by atoms with Gasteiger partial charge < -0.3 is 4.72 Å². The smallest absolute Gasteiger partial charge is 0.121 e. The number of hydrogen-bond donors (Lipinski definition) is 1. The summed E-state index contributed by atoms with van der Waals surface area (Å²) >= 11 is 1.43. The lowest BCUT2D eigenvalue weighted by atomic mass is 10.0. The lowest BCUT2D eigenvalue weighted by Gasteiger charge is -2.09. The van der Waals surface area contributed by atoms with Crippen molar-refractivity contribution in [2.75, 3.05) is 0 Å². The van der Waals surface area contributed by atoms with Gasteiger partial charge in [-0.1, -0.05) is 32.1 Å². The van der Waals surface area contributed by atoms with Crippen LogP contribution >= 0.6 is 11.9 Å². The molecule has 0 aliphatic heterocycles. The molecule has 0 bridgehead atoms. The Morgan fingerprint density at radius 2 is 2.11 bits per heavy atom. The molecule has 0 heterocycles. The van der Waals surface area contributed by atoms with Crippen LogP contribution in [0.2, 0.25) is 0 Å². The molecular weight excluding hydrogens is 245 g/mol. The van der Waals surface area contributed by atoms with E-state index in [-0.39, 0.29) is 5.83 Å². The largest absolute Gasteiger partial charge is 0.323 e. The van der Waals surface area contributed by atoms with Gasteiger partial charge in [-0.15, -0.1) is 0 Å². The second-order valence-corrected chi connectivity index (χ2v) is 5.26. The van der Waals surface area contributed by atoms with Crippen LogP contribution in [-0.4, -0.2) is 0 Å². The Labute approximate surface area is 113 Å². The van der Waals surface area contributed by atoms with Crippen LogP contribution in [0, 0.1) is 0 Å². The highest BCUT2D eigenvalue weighted by Gasteiger charge is 2.02. The highest BCUT2D eigenvalue weighted by molar-refractivity contribution is 7.97. The van der Waals surface area contributed by atoms with Crippen molar-refractivity contribution in [3.05, 3.63) is 53.5 Å². The molecule has 18 heavy (non-hydrogen) atoms. The van der Waals surface area contributed by atoms with Gasteiger partial charge in [0.2, 0.25) is 0 Å². The third-order valence-electron chi connectivity index (χ3n) is 2.51. The van der Waals surface area contributed by atoms with Gasteiger partial charge in [0.15, 0.2) is 0 Å². The number of nitrogens with one attached hydrogen (secondary N) is 1. The summed E-state index contributed by atoms with van der Waals surface area (Å²) in [5.41, 5.74) is 1.80. The second kappa shape index (κ2) is 7.27. The normalized spacial score (nSPS) is 13.0. The maximum atomic E-state index is 13.2. The van der Waals surface area contributed by atoms with Crippen LogP contribution in [0.3, 0.4) is 0 Å². The van der Waals surface area contributed by atoms with Crippen molar-refractivity contribution >= 4 is 11.9 Å². The third kappa shape index (κ3) is 4.57. The molecule has 0 spiro atoms. The monoisotopic (exact) mass is 265 g/mol.